The third-order valence-electron chi connectivity index (χ3n) is 3.69. The number of esters is 1. The summed E-state index contributed by atoms with van der Waals surface area (Å²) in [6.07, 6.45) is 3.13. The summed E-state index contributed by atoms with van der Waals surface area (Å²) in [6, 6.07) is 4.78. The van der Waals surface area contributed by atoms with Crippen molar-refractivity contribution >= 4 is 11.9 Å². The van der Waals surface area contributed by atoms with Crippen LogP contribution in [-0.2, 0) is 16.6 Å². The Morgan fingerprint density at radius 2 is 2.09 bits per heavy atom. The first kappa shape index (κ1) is 16.7. The lowest BCUT2D eigenvalue weighted by atomic mass is 9.97. The van der Waals surface area contributed by atoms with Gasteiger partial charge in [0.15, 0.2) is 6.04 Å². The van der Waals surface area contributed by atoms with Gasteiger partial charge in [-0.15, -0.1) is 0 Å². The Morgan fingerprint density at radius 3 is 2.70 bits per heavy atom. The summed E-state index contributed by atoms with van der Waals surface area (Å²) in [6.45, 7) is 5.86. The zero-order valence-corrected chi connectivity index (χ0v) is 13.8. The molecule has 0 aliphatic heterocycles. The minimum atomic E-state index is -0.857. The van der Waals surface area contributed by atoms with Crippen LogP contribution in [0.1, 0.15) is 40.1 Å². The fraction of sp³-hybridized carbons (Fsp3) is 0.353. The first-order chi connectivity index (χ1) is 10.9. The summed E-state index contributed by atoms with van der Waals surface area (Å²) < 4.78 is 6.79. The number of carbonyl (C=O) groups is 2. The van der Waals surface area contributed by atoms with Crippen LogP contribution in [0, 0.1) is 13.8 Å². The monoisotopic (exact) mass is 315 g/mol. The number of nitrogens with one attached hydrogen (secondary N) is 1. The van der Waals surface area contributed by atoms with Gasteiger partial charge in [0.2, 0.25) is 0 Å². The molecule has 1 aromatic carbocycles. The Labute approximate surface area is 135 Å². The van der Waals surface area contributed by atoms with Crippen molar-refractivity contribution in [3.05, 3.63) is 53.1 Å². The predicted molar refractivity (Wildman–Crippen MR) is 86.0 cm³/mol. The molecule has 0 bridgehead atoms. The van der Waals surface area contributed by atoms with Crippen LogP contribution >= 0.6 is 0 Å². The van der Waals surface area contributed by atoms with E-state index in [-0.39, 0.29) is 12.3 Å². The van der Waals surface area contributed by atoms with E-state index in [1.807, 2.05) is 32.0 Å². The lowest BCUT2D eigenvalue weighted by molar-refractivity contribution is -0.145. The number of hydrogen-bond acceptors (Lipinski definition) is 4. The molecular weight excluding hydrogens is 294 g/mol. The second-order valence-electron chi connectivity index (χ2n) is 5.37. The van der Waals surface area contributed by atoms with Crippen molar-refractivity contribution in [3.8, 4) is 0 Å². The molecule has 1 amide bonds. The zero-order valence-electron chi connectivity index (χ0n) is 13.8. The lowest BCUT2D eigenvalue weighted by Crippen LogP contribution is -2.35. The molecule has 0 radical (unpaired) electrons. The Morgan fingerprint density at radius 1 is 1.35 bits per heavy atom. The first-order valence-electron chi connectivity index (χ1n) is 7.45. The molecule has 1 aromatic heterocycles. The summed E-state index contributed by atoms with van der Waals surface area (Å²) >= 11 is 0. The minimum absolute atomic E-state index is 0.250. The molecule has 0 aliphatic rings. The smallest absolute Gasteiger partial charge is 0.333 e. The topological polar surface area (TPSA) is 73.2 Å². The number of aryl methyl sites for hydroxylation is 2. The van der Waals surface area contributed by atoms with E-state index in [0.717, 1.165) is 16.7 Å². The molecule has 122 valence electrons. The molecule has 6 nitrogen and oxygen atoms in total. The summed E-state index contributed by atoms with van der Waals surface area (Å²) in [5, 5.41) is 2.73. The number of benzene rings is 1. The van der Waals surface area contributed by atoms with Gasteiger partial charge in [0.25, 0.3) is 5.91 Å². The molecular formula is C17H21N3O3. The van der Waals surface area contributed by atoms with E-state index < -0.39 is 17.9 Å². The zero-order chi connectivity index (χ0) is 17.0. The Balaban J connectivity index is 2.33. The second kappa shape index (κ2) is 7.09. The van der Waals surface area contributed by atoms with Gasteiger partial charge >= 0.3 is 5.97 Å². The second-order valence-corrected chi connectivity index (χ2v) is 5.37. The van der Waals surface area contributed by atoms with Crippen LogP contribution in [0.2, 0.25) is 0 Å². The Bertz CT molecular complexity index is 722. The molecule has 1 N–H and O–H groups in total. The summed E-state index contributed by atoms with van der Waals surface area (Å²) in [5.41, 5.74) is 2.98. The van der Waals surface area contributed by atoms with Crippen molar-refractivity contribution in [1.82, 2.24) is 14.9 Å². The highest BCUT2D eigenvalue weighted by Crippen LogP contribution is 2.22. The van der Waals surface area contributed by atoms with E-state index >= 15 is 0 Å². The van der Waals surface area contributed by atoms with Crippen LogP contribution in [0.4, 0.5) is 0 Å². The van der Waals surface area contributed by atoms with Crippen molar-refractivity contribution < 1.29 is 14.3 Å². The molecule has 1 atom stereocenters. The van der Waals surface area contributed by atoms with Crippen LogP contribution in [0.15, 0.2) is 30.7 Å². The van der Waals surface area contributed by atoms with Gasteiger partial charge in [-0.3, -0.25) is 4.79 Å². The van der Waals surface area contributed by atoms with E-state index in [1.165, 1.54) is 6.33 Å². The van der Waals surface area contributed by atoms with Gasteiger partial charge in [0.1, 0.15) is 5.69 Å². The highest BCUT2D eigenvalue weighted by molar-refractivity contribution is 5.95. The van der Waals surface area contributed by atoms with Crippen molar-refractivity contribution in [2.45, 2.75) is 26.8 Å². The van der Waals surface area contributed by atoms with E-state index in [0.29, 0.717) is 0 Å². The maximum atomic E-state index is 12.4. The maximum absolute atomic E-state index is 12.4. The standard InChI is InChI=1S/C17H21N3O3/c1-5-23-17(22)15(13-8-6-7-11(2)12(13)3)19-16(21)14-9-20(4)10-18-14/h6-10,15H,5H2,1-4H3,(H,19,21)/t15-/m0/s1. The number of hydrogen-bond donors (Lipinski definition) is 1. The molecule has 0 fully saturated rings. The number of amides is 1. The van der Waals surface area contributed by atoms with E-state index in [4.69, 9.17) is 4.74 Å². The number of rotatable bonds is 5. The van der Waals surface area contributed by atoms with E-state index in [9.17, 15) is 9.59 Å². The van der Waals surface area contributed by atoms with Crippen molar-refractivity contribution in [1.29, 1.82) is 0 Å². The third kappa shape index (κ3) is 3.77. The third-order valence-corrected chi connectivity index (χ3v) is 3.69. The molecule has 0 unspecified atom stereocenters. The summed E-state index contributed by atoms with van der Waals surface area (Å²) in [7, 11) is 1.78. The van der Waals surface area contributed by atoms with Gasteiger partial charge in [-0.05, 0) is 37.5 Å². The number of carbonyl (C=O) groups excluding carboxylic acids is 2. The van der Waals surface area contributed by atoms with Crippen LogP contribution in [0.3, 0.4) is 0 Å². The molecule has 23 heavy (non-hydrogen) atoms. The number of imidazole rings is 1. The van der Waals surface area contributed by atoms with Gasteiger partial charge in [-0.25, -0.2) is 9.78 Å². The fourth-order valence-corrected chi connectivity index (χ4v) is 2.31. The van der Waals surface area contributed by atoms with Crippen LogP contribution < -0.4 is 5.32 Å². The van der Waals surface area contributed by atoms with Crippen LogP contribution in [-0.4, -0.2) is 28.0 Å². The van der Waals surface area contributed by atoms with Gasteiger partial charge in [0.05, 0.1) is 12.9 Å². The largest absolute Gasteiger partial charge is 0.464 e. The first-order valence-corrected chi connectivity index (χ1v) is 7.45. The van der Waals surface area contributed by atoms with Crippen LogP contribution in [0.5, 0.6) is 0 Å². The molecule has 0 saturated carbocycles. The van der Waals surface area contributed by atoms with E-state index in [2.05, 4.69) is 10.3 Å². The summed E-state index contributed by atoms with van der Waals surface area (Å²) in [5.74, 6) is -0.893. The number of nitrogens with zero attached hydrogens (tertiary/aromatic N) is 2. The SMILES string of the molecule is CCOC(=O)[C@@H](NC(=O)c1cn(C)cn1)c1cccc(C)c1C. The quantitative estimate of drug-likeness (QED) is 0.857. The average molecular weight is 315 g/mol. The molecule has 2 rings (SSSR count). The van der Waals surface area contributed by atoms with E-state index in [1.54, 1.807) is 24.7 Å². The van der Waals surface area contributed by atoms with Gasteiger partial charge < -0.3 is 14.6 Å². The van der Waals surface area contributed by atoms with Crippen LogP contribution in [0.25, 0.3) is 0 Å². The molecule has 0 spiro atoms. The predicted octanol–water partition coefficient (Wildman–Crippen LogP) is 2.07. The number of aromatic nitrogens is 2. The lowest BCUT2D eigenvalue weighted by Gasteiger charge is -2.20. The number of ether oxygens (including phenoxy) is 1. The normalized spacial score (nSPS) is 11.8. The Kier molecular flexibility index (Phi) is 5.16. The maximum Gasteiger partial charge on any atom is 0.333 e. The molecule has 0 aliphatic carbocycles. The Hall–Kier alpha value is -2.63. The fourth-order valence-electron chi connectivity index (χ4n) is 2.31. The van der Waals surface area contributed by atoms with Gasteiger partial charge in [-0.2, -0.15) is 0 Å². The average Bonchev–Trinajstić information content (AvgIpc) is 2.95. The highest BCUT2D eigenvalue weighted by atomic mass is 16.5. The molecule has 0 saturated heterocycles. The molecule has 6 heteroatoms. The highest BCUT2D eigenvalue weighted by Gasteiger charge is 2.27. The molecule has 2 aromatic rings. The van der Waals surface area contributed by atoms with Crippen molar-refractivity contribution in [2.24, 2.45) is 7.05 Å². The van der Waals surface area contributed by atoms with Gasteiger partial charge in [0, 0.05) is 13.2 Å². The van der Waals surface area contributed by atoms with Crippen molar-refractivity contribution in [3.63, 3.8) is 0 Å². The molecule has 1 heterocycles. The minimum Gasteiger partial charge on any atom is -0.464 e. The van der Waals surface area contributed by atoms with Crippen molar-refractivity contribution in [2.75, 3.05) is 6.61 Å². The van der Waals surface area contributed by atoms with Gasteiger partial charge in [-0.1, -0.05) is 18.2 Å². The summed E-state index contributed by atoms with van der Waals surface area (Å²) in [4.78, 5) is 28.7.